The number of aliphatic hydroxyl groups excluding tert-OH is 1. The fraction of sp³-hybridized carbons (Fsp3) is 0.900. The molecule has 2 heterocycles. The second-order valence-electron chi connectivity index (χ2n) is 4.79. The smallest absolute Gasteiger partial charge is 0.305 e. The summed E-state index contributed by atoms with van der Waals surface area (Å²) >= 11 is 0. The average molecular weight is 214 g/mol. The van der Waals surface area contributed by atoms with E-state index in [1.54, 1.807) is 0 Å². The van der Waals surface area contributed by atoms with Gasteiger partial charge in [-0.2, -0.15) is 0 Å². The van der Waals surface area contributed by atoms with Crippen molar-refractivity contribution in [3.05, 3.63) is 0 Å². The predicted molar refractivity (Wildman–Crippen MR) is 54.6 cm³/mol. The molecular formula is C10H18N2O3. The van der Waals surface area contributed by atoms with E-state index < -0.39 is 5.97 Å². The van der Waals surface area contributed by atoms with Crippen LogP contribution in [0.2, 0.25) is 0 Å². The second-order valence-corrected chi connectivity index (χ2v) is 4.79. The molecule has 5 heteroatoms. The molecule has 86 valence electrons. The lowest BCUT2D eigenvalue weighted by molar-refractivity contribution is -0.142. The van der Waals surface area contributed by atoms with Crippen LogP contribution in [0.5, 0.6) is 0 Å². The highest BCUT2D eigenvalue weighted by Gasteiger charge is 2.48. The van der Waals surface area contributed by atoms with Crippen LogP contribution in [0.1, 0.15) is 19.8 Å². The maximum Gasteiger partial charge on any atom is 0.305 e. The number of β-amino-alcohol motifs (C(OH)–C–C–N with tert-alkyl or cyclic N) is 1. The number of nitrogens with one attached hydrogen (secondary N) is 1. The summed E-state index contributed by atoms with van der Waals surface area (Å²) in [6.07, 6.45) is 0.615. The van der Waals surface area contributed by atoms with Crippen LogP contribution in [0.15, 0.2) is 0 Å². The van der Waals surface area contributed by atoms with E-state index in [1.165, 1.54) is 0 Å². The molecule has 0 spiro atoms. The van der Waals surface area contributed by atoms with Crippen LogP contribution < -0.4 is 5.32 Å². The zero-order valence-electron chi connectivity index (χ0n) is 8.94. The van der Waals surface area contributed by atoms with Crippen LogP contribution in [0.3, 0.4) is 0 Å². The van der Waals surface area contributed by atoms with Crippen molar-refractivity contribution >= 4 is 5.97 Å². The van der Waals surface area contributed by atoms with E-state index in [1.807, 2.05) is 0 Å². The highest BCUT2D eigenvalue weighted by Crippen LogP contribution is 2.32. The molecule has 0 amide bonds. The number of carbonyl (C=O) groups is 1. The van der Waals surface area contributed by atoms with Gasteiger partial charge < -0.3 is 15.5 Å². The number of aliphatic hydroxyl groups is 1. The van der Waals surface area contributed by atoms with Gasteiger partial charge in [-0.05, 0) is 13.3 Å². The Morgan fingerprint density at radius 2 is 2.27 bits per heavy atom. The zero-order chi connectivity index (χ0) is 11.1. The summed E-state index contributed by atoms with van der Waals surface area (Å²) in [6.45, 7) is 4.10. The van der Waals surface area contributed by atoms with Gasteiger partial charge in [-0.15, -0.1) is 0 Å². The summed E-state index contributed by atoms with van der Waals surface area (Å²) in [5.74, 6) is -0.759. The highest BCUT2D eigenvalue weighted by molar-refractivity contribution is 5.69. The molecule has 0 bridgehead atoms. The minimum atomic E-state index is -0.759. The summed E-state index contributed by atoms with van der Waals surface area (Å²) in [7, 11) is 0. The molecule has 0 radical (unpaired) electrons. The van der Waals surface area contributed by atoms with Crippen molar-refractivity contribution in [3.63, 3.8) is 0 Å². The molecule has 2 fully saturated rings. The largest absolute Gasteiger partial charge is 0.481 e. The van der Waals surface area contributed by atoms with Gasteiger partial charge in [0.15, 0.2) is 0 Å². The number of rotatable bonds is 3. The number of hydrogen-bond acceptors (Lipinski definition) is 4. The first kappa shape index (κ1) is 10.9. The molecule has 2 unspecified atom stereocenters. The van der Waals surface area contributed by atoms with E-state index in [2.05, 4.69) is 17.1 Å². The fourth-order valence-corrected chi connectivity index (χ4v) is 2.79. The summed E-state index contributed by atoms with van der Waals surface area (Å²) in [4.78, 5) is 13.0. The van der Waals surface area contributed by atoms with Gasteiger partial charge in [-0.25, -0.2) is 0 Å². The van der Waals surface area contributed by atoms with Crippen molar-refractivity contribution in [1.82, 2.24) is 10.2 Å². The molecule has 3 N–H and O–H groups in total. The number of carboxylic acids is 1. The molecule has 0 aliphatic carbocycles. The van der Waals surface area contributed by atoms with Crippen molar-refractivity contribution in [2.24, 2.45) is 0 Å². The molecule has 2 atom stereocenters. The van der Waals surface area contributed by atoms with E-state index in [9.17, 15) is 9.90 Å². The van der Waals surface area contributed by atoms with Crippen LogP contribution in [0, 0.1) is 0 Å². The first-order chi connectivity index (χ1) is 7.03. The van der Waals surface area contributed by atoms with Gasteiger partial charge in [-0.1, -0.05) is 0 Å². The van der Waals surface area contributed by atoms with E-state index in [0.717, 1.165) is 19.5 Å². The SMILES string of the molecule is CC1CC(O)CN1C1(CC(=O)O)CNC1. The third-order valence-corrected chi connectivity index (χ3v) is 3.55. The Morgan fingerprint density at radius 3 is 2.60 bits per heavy atom. The third-order valence-electron chi connectivity index (χ3n) is 3.55. The molecule has 15 heavy (non-hydrogen) atoms. The fourth-order valence-electron chi connectivity index (χ4n) is 2.79. The number of carboxylic acid groups (broad SMARTS) is 1. The van der Waals surface area contributed by atoms with Crippen molar-refractivity contribution in [1.29, 1.82) is 0 Å². The van der Waals surface area contributed by atoms with Crippen LogP contribution >= 0.6 is 0 Å². The quantitative estimate of drug-likeness (QED) is 0.577. The zero-order valence-corrected chi connectivity index (χ0v) is 8.94. The maximum atomic E-state index is 10.8. The first-order valence-corrected chi connectivity index (χ1v) is 5.41. The lowest BCUT2D eigenvalue weighted by atomic mass is 9.86. The van der Waals surface area contributed by atoms with E-state index >= 15 is 0 Å². The minimum Gasteiger partial charge on any atom is -0.481 e. The Labute approximate surface area is 89.1 Å². The molecule has 2 saturated heterocycles. The standard InChI is InChI=1S/C10H18N2O3/c1-7-2-8(13)4-12(7)10(3-9(14)15)5-11-6-10/h7-8,11,13H,2-6H2,1H3,(H,14,15). The van der Waals surface area contributed by atoms with Crippen molar-refractivity contribution in [2.75, 3.05) is 19.6 Å². The van der Waals surface area contributed by atoms with E-state index in [-0.39, 0.29) is 24.1 Å². The normalized spacial score (nSPS) is 35.1. The molecular weight excluding hydrogens is 196 g/mol. The average Bonchev–Trinajstić information content (AvgIpc) is 2.38. The number of aliphatic carboxylic acids is 1. The summed E-state index contributed by atoms with van der Waals surface area (Å²) in [5, 5.41) is 21.6. The predicted octanol–water partition coefficient (Wildman–Crippen LogP) is -0.742. The number of nitrogens with zero attached hydrogens (tertiary/aromatic N) is 1. The Hall–Kier alpha value is -0.650. The number of likely N-dealkylation sites (tertiary alicyclic amines) is 1. The summed E-state index contributed by atoms with van der Waals surface area (Å²) in [5.41, 5.74) is -0.261. The minimum absolute atomic E-state index is 0.164. The monoisotopic (exact) mass is 214 g/mol. The maximum absolute atomic E-state index is 10.8. The number of hydrogen-bond donors (Lipinski definition) is 3. The molecule has 5 nitrogen and oxygen atoms in total. The van der Waals surface area contributed by atoms with Crippen LogP contribution in [-0.4, -0.2) is 58.4 Å². The van der Waals surface area contributed by atoms with Gasteiger partial charge >= 0.3 is 5.97 Å². The van der Waals surface area contributed by atoms with Gasteiger partial charge in [0.2, 0.25) is 0 Å². The van der Waals surface area contributed by atoms with Crippen LogP contribution in [0.25, 0.3) is 0 Å². The Bertz CT molecular complexity index is 265. The molecule has 2 aliphatic heterocycles. The topological polar surface area (TPSA) is 72.8 Å². The van der Waals surface area contributed by atoms with Crippen molar-refractivity contribution in [2.45, 2.75) is 37.5 Å². The lowest BCUT2D eigenvalue weighted by Crippen LogP contribution is -2.70. The van der Waals surface area contributed by atoms with E-state index in [0.29, 0.717) is 6.54 Å². The van der Waals surface area contributed by atoms with Gasteiger partial charge in [0.1, 0.15) is 0 Å². The van der Waals surface area contributed by atoms with E-state index in [4.69, 9.17) is 5.11 Å². The molecule has 2 aliphatic rings. The summed E-state index contributed by atoms with van der Waals surface area (Å²) < 4.78 is 0. The van der Waals surface area contributed by atoms with Crippen molar-refractivity contribution < 1.29 is 15.0 Å². The van der Waals surface area contributed by atoms with Gasteiger partial charge in [-0.3, -0.25) is 9.69 Å². The van der Waals surface area contributed by atoms with Crippen molar-refractivity contribution in [3.8, 4) is 0 Å². The Balaban J connectivity index is 2.09. The Morgan fingerprint density at radius 1 is 1.60 bits per heavy atom. The third kappa shape index (κ3) is 1.87. The molecule has 2 rings (SSSR count). The second kappa shape index (κ2) is 3.73. The lowest BCUT2D eigenvalue weighted by Gasteiger charge is -2.50. The highest BCUT2D eigenvalue weighted by atomic mass is 16.4. The summed E-state index contributed by atoms with van der Waals surface area (Å²) in [6, 6.07) is 0.279. The van der Waals surface area contributed by atoms with Gasteiger partial charge in [0.05, 0.1) is 18.1 Å². The van der Waals surface area contributed by atoms with Crippen LogP contribution in [0.4, 0.5) is 0 Å². The van der Waals surface area contributed by atoms with Gasteiger partial charge in [0.25, 0.3) is 0 Å². The van der Waals surface area contributed by atoms with Crippen LogP contribution in [-0.2, 0) is 4.79 Å². The first-order valence-electron chi connectivity index (χ1n) is 5.41. The molecule has 0 aromatic rings. The Kier molecular flexibility index (Phi) is 2.70. The van der Waals surface area contributed by atoms with Gasteiger partial charge in [0, 0.05) is 25.7 Å². The molecule has 0 saturated carbocycles. The molecule has 0 aromatic heterocycles. The molecule has 0 aromatic carbocycles.